The first kappa shape index (κ1) is 8.64. The summed E-state index contributed by atoms with van der Waals surface area (Å²) in [5.74, 6) is 0. The van der Waals surface area contributed by atoms with Crippen LogP contribution >= 0.6 is 0 Å². The lowest BCUT2D eigenvalue weighted by Gasteiger charge is -2.00. The SMILES string of the molecule is N#CCCNc1c[nH]c2ccccc12. The standard InChI is InChI=1S/C11H11N3/c12-6-3-7-13-11-8-14-10-5-2-1-4-9(10)11/h1-2,4-5,8,13-14H,3,7H2. The third-order valence-corrected chi connectivity index (χ3v) is 2.14. The molecule has 14 heavy (non-hydrogen) atoms. The highest BCUT2D eigenvalue weighted by Crippen LogP contribution is 2.21. The molecule has 1 aromatic heterocycles. The summed E-state index contributed by atoms with van der Waals surface area (Å²) in [6.07, 6.45) is 2.46. The van der Waals surface area contributed by atoms with E-state index in [9.17, 15) is 0 Å². The quantitative estimate of drug-likeness (QED) is 0.722. The van der Waals surface area contributed by atoms with Crippen molar-refractivity contribution in [3.8, 4) is 6.07 Å². The fourth-order valence-electron chi connectivity index (χ4n) is 1.47. The van der Waals surface area contributed by atoms with Gasteiger partial charge in [-0.3, -0.25) is 0 Å². The summed E-state index contributed by atoms with van der Waals surface area (Å²) in [5, 5.41) is 12.8. The zero-order valence-electron chi connectivity index (χ0n) is 7.75. The van der Waals surface area contributed by atoms with Gasteiger partial charge in [-0.25, -0.2) is 0 Å². The molecule has 0 aliphatic heterocycles. The van der Waals surface area contributed by atoms with Crippen molar-refractivity contribution < 1.29 is 0 Å². The number of H-pyrrole nitrogens is 1. The normalized spacial score (nSPS) is 9.93. The molecule has 0 saturated heterocycles. The van der Waals surface area contributed by atoms with E-state index in [1.807, 2.05) is 24.4 Å². The maximum atomic E-state index is 8.41. The second-order valence-electron chi connectivity index (χ2n) is 3.08. The van der Waals surface area contributed by atoms with Gasteiger partial charge < -0.3 is 10.3 Å². The molecule has 2 rings (SSSR count). The molecule has 3 nitrogen and oxygen atoms in total. The Morgan fingerprint density at radius 3 is 3.07 bits per heavy atom. The van der Waals surface area contributed by atoms with Crippen molar-refractivity contribution in [2.45, 2.75) is 6.42 Å². The van der Waals surface area contributed by atoms with Gasteiger partial charge in [0.1, 0.15) is 0 Å². The number of rotatable bonds is 3. The van der Waals surface area contributed by atoms with Crippen LogP contribution in [0.2, 0.25) is 0 Å². The molecular weight excluding hydrogens is 174 g/mol. The second kappa shape index (κ2) is 3.84. The molecule has 70 valence electrons. The second-order valence-corrected chi connectivity index (χ2v) is 3.08. The largest absolute Gasteiger partial charge is 0.382 e. The van der Waals surface area contributed by atoms with Gasteiger partial charge in [-0.1, -0.05) is 18.2 Å². The summed E-state index contributed by atoms with van der Waals surface area (Å²) in [6.45, 7) is 0.693. The summed E-state index contributed by atoms with van der Waals surface area (Å²) < 4.78 is 0. The fraction of sp³-hybridized carbons (Fsp3) is 0.182. The highest BCUT2D eigenvalue weighted by Gasteiger charge is 2.00. The Morgan fingerprint density at radius 1 is 1.36 bits per heavy atom. The van der Waals surface area contributed by atoms with E-state index in [0.29, 0.717) is 13.0 Å². The first-order valence-corrected chi connectivity index (χ1v) is 4.59. The van der Waals surface area contributed by atoms with Crippen LogP contribution < -0.4 is 5.32 Å². The van der Waals surface area contributed by atoms with E-state index in [0.717, 1.165) is 11.2 Å². The number of anilines is 1. The first-order valence-electron chi connectivity index (χ1n) is 4.59. The molecule has 1 aromatic carbocycles. The van der Waals surface area contributed by atoms with Gasteiger partial charge in [-0.2, -0.15) is 5.26 Å². The maximum Gasteiger partial charge on any atom is 0.0640 e. The number of fused-ring (bicyclic) bond motifs is 1. The molecule has 0 unspecified atom stereocenters. The van der Waals surface area contributed by atoms with Crippen molar-refractivity contribution in [1.29, 1.82) is 5.26 Å². The number of hydrogen-bond donors (Lipinski definition) is 2. The average Bonchev–Trinajstić information content (AvgIpc) is 2.63. The van der Waals surface area contributed by atoms with Gasteiger partial charge in [0.15, 0.2) is 0 Å². The van der Waals surface area contributed by atoms with Gasteiger partial charge in [0, 0.05) is 23.6 Å². The van der Waals surface area contributed by atoms with Crippen molar-refractivity contribution >= 4 is 16.6 Å². The number of nitrogens with one attached hydrogen (secondary N) is 2. The highest BCUT2D eigenvalue weighted by atomic mass is 14.9. The Labute approximate surface area is 82.4 Å². The van der Waals surface area contributed by atoms with E-state index < -0.39 is 0 Å². The molecule has 0 spiro atoms. The zero-order valence-corrected chi connectivity index (χ0v) is 7.75. The van der Waals surface area contributed by atoms with Crippen LogP contribution in [-0.4, -0.2) is 11.5 Å². The summed E-state index contributed by atoms with van der Waals surface area (Å²) in [6, 6.07) is 10.2. The summed E-state index contributed by atoms with van der Waals surface area (Å²) in [7, 11) is 0. The Hall–Kier alpha value is -1.95. The predicted octanol–water partition coefficient (Wildman–Crippen LogP) is 2.49. The molecule has 2 aromatic rings. The molecule has 3 heteroatoms. The van der Waals surface area contributed by atoms with Crippen LogP contribution in [0.25, 0.3) is 10.9 Å². The zero-order chi connectivity index (χ0) is 9.80. The lowest BCUT2D eigenvalue weighted by molar-refractivity contribution is 1.08. The molecule has 0 atom stereocenters. The van der Waals surface area contributed by atoms with E-state index in [2.05, 4.69) is 22.4 Å². The van der Waals surface area contributed by atoms with Crippen molar-refractivity contribution in [3.63, 3.8) is 0 Å². The smallest absolute Gasteiger partial charge is 0.0640 e. The number of nitriles is 1. The number of aromatic nitrogens is 1. The van der Waals surface area contributed by atoms with Gasteiger partial charge in [0.25, 0.3) is 0 Å². The van der Waals surface area contributed by atoms with Crippen LogP contribution in [0.15, 0.2) is 30.5 Å². The molecule has 0 radical (unpaired) electrons. The summed E-state index contributed by atoms with van der Waals surface area (Å²) in [4.78, 5) is 3.17. The Bertz CT molecular complexity index is 465. The van der Waals surface area contributed by atoms with Gasteiger partial charge in [0.2, 0.25) is 0 Å². The van der Waals surface area contributed by atoms with Crippen molar-refractivity contribution in [2.75, 3.05) is 11.9 Å². The van der Waals surface area contributed by atoms with Crippen LogP contribution in [0.3, 0.4) is 0 Å². The molecule has 0 bridgehead atoms. The van der Waals surface area contributed by atoms with Crippen LogP contribution in [-0.2, 0) is 0 Å². The van der Waals surface area contributed by atoms with Gasteiger partial charge >= 0.3 is 0 Å². The number of benzene rings is 1. The molecular formula is C11H11N3. The molecule has 2 N–H and O–H groups in total. The number of hydrogen-bond acceptors (Lipinski definition) is 2. The van der Waals surface area contributed by atoms with Crippen LogP contribution in [0.4, 0.5) is 5.69 Å². The van der Waals surface area contributed by atoms with E-state index >= 15 is 0 Å². The number of aromatic amines is 1. The maximum absolute atomic E-state index is 8.41. The van der Waals surface area contributed by atoms with E-state index in [1.54, 1.807) is 0 Å². The molecule has 0 saturated carbocycles. The Morgan fingerprint density at radius 2 is 2.21 bits per heavy atom. The van der Waals surface area contributed by atoms with Gasteiger partial charge in [0.05, 0.1) is 18.2 Å². The summed E-state index contributed by atoms with van der Waals surface area (Å²) in [5.41, 5.74) is 2.18. The van der Waals surface area contributed by atoms with Crippen molar-refractivity contribution in [1.82, 2.24) is 4.98 Å². The van der Waals surface area contributed by atoms with Crippen molar-refractivity contribution in [2.24, 2.45) is 0 Å². The third kappa shape index (κ3) is 1.55. The molecule has 0 fully saturated rings. The molecule has 1 heterocycles. The minimum atomic E-state index is 0.527. The lowest BCUT2D eigenvalue weighted by atomic mass is 10.2. The van der Waals surface area contributed by atoms with Crippen molar-refractivity contribution in [3.05, 3.63) is 30.5 Å². The first-order chi connectivity index (χ1) is 6.92. The monoisotopic (exact) mass is 185 g/mol. The van der Waals surface area contributed by atoms with E-state index in [-0.39, 0.29) is 0 Å². The lowest BCUT2D eigenvalue weighted by Crippen LogP contribution is -1.98. The van der Waals surface area contributed by atoms with Crippen LogP contribution in [0.1, 0.15) is 6.42 Å². The molecule has 0 amide bonds. The topological polar surface area (TPSA) is 51.6 Å². The van der Waals surface area contributed by atoms with Crippen LogP contribution in [0, 0.1) is 11.3 Å². The Balaban J connectivity index is 2.22. The van der Waals surface area contributed by atoms with Crippen LogP contribution in [0.5, 0.6) is 0 Å². The number of para-hydroxylation sites is 1. The highest BCUT2D eigenvalue weighted by molar-refractivity contribution is 5.92. The van der Waals surface area contributed by atoms with Gasteiger partial charge in [-0.15, -0.1) is 0 Å². The van der Waals surface area contributed by atoms with Gasteiger partial charge in [-0.05, 0) is 6.07 Å². The summed E-state index contributed by atoms with van der Waals surface area (Å²) >= 11 is 0. The molecule has 0 aliphatic rings. The Kier molecular flexibility index (Phi) is 2.37. The number of nitrogens with zero attached hydrogens (tertiary/aromatic N) is 1. The third-order valence-electron chi connectivity index (χ3n) is 2.14. The van der Waals surface area contributed by atoms with E-state index in [1.165, 1.54) is 5.39 Å². The minimum absolute atomic E-state index is 0.527. The molecule has 0 aliphatic carbocycles. The fourth-order valence-corrected chi connectivity index (χ4v) is 1.47. The van der Waals surface area contributed by atoms with E-state index in [4.69, 9.17) is 5.26 Å². The minimum Gasteiger partial charge on any atom is -0.382 e. The average molecular weight is 185 g/mol. The predicted molar refractivity (Wildman–Crippen MR) is 57.0 cm³/mol.